The van der Waals surface area contributed by atoms with Gasteiger partial charge in [0.15, 0.2) is 0 Å². The Morgan fingerprint density at radius 2 is 1.90 bits per heavy atom. The van der Waals surface area contributed by atoms with Crippen molar-refractivity contribution in [2.75, 3.05) is 19.6 Å². The number of hydrogen-bond acceptors (Lipinski definition) is 2. The van der Waals surface area contributed by atoms with Crippen LogP contribution in [0.3, 0.4) is 0 Å². The zero-order valence-electron chi connectivity index (χ0n) is 12.7. The summed E-state index contributed by atoms with van der Waals surface area (Å²) >= 11 is 5.89. The average molecular weight is 301 g/mol. The third-order valence-corrected chi connectivity index (χ3v) is 4.35. The Bertz CT molecular complexity index is 407. The quantitative estimate of drug-likeness (QED) is 0.778. The normalized spacial score (nSPS) is 13.2. The zero-order valence-corrected chi connectivity index (χ0v) is 13.5. The zero-order chi connectivity index (χ0) is 15.1. The molecule has 0 heterocycles. The molecular weight excluding hydrogens is 275 g/mol. The molecule has 1 aromatic rings. The molecule has 114 valence electrons. The molecule has 0 aliphatic rings. The largest absolute Gasteiger partial charge is 0.329 e. The van der Waals surface area contributed by atoms with Crippen molar-refractivity contribution in [3.05, 3.63) is 34.6 Å². The molecule has 0 aromatic heterocycles. The molecule has 1 unspecified atom stereocenters. The molecule has 1 aromatic carbocycles. The predicted molar refractivity (Wildman–Crippen MR) is 84.5 cm³/mol. The van der Waals surface area contributed by atoms with E-state index in [1.807, 2.05) is 0 Å². The molecule has 0 fully saturated rings. The van der Waals surface area contributed by atoms with Gasteiger partial charge in [0.25, 0.3) is 0 Å². The molecule has 2 nitrogen and oxygen atoms in total. The third-order valence-electron chi connectivity index (χ3n) is 4.06. The molecule has 0 radical (unpaired) electrons. The summed E-state index contributed by atoms with van der Waals surface area (Å²) < 4.78 is 14.2. The Morgan fingerprint density at radius 1 is 1.25 bits per heavy atom. The second-order valence-corrected chi connectivity index (χ2v) is 5.57. The maximum Gasteiger partial charge on any atom is 0.146 e. The lowest BCUT2D eigenvalue weighted by Gasteiger charge is -2.33. The van der Waals surface area contributed by atoms with Crippen molar-refractivity contribution < 1.29 is 4.39 Å². The summed E-state index contributed by atoms with van der Waals surface area (Å²) in [5, 5.41) is 0.166. The van der Waals surface area contributed by atoms with Gasteiger partial charge in [0, 0.05) is 24.7 Å². The fourth-order valence-electron chi connectivity index (χ4n) is 2.61. The van der Waals surface area contributed by atoms with E-state index in [1.165, 1.54) is 0 Å². The van der Waals surface area contributed by atoms with E-state index in [-0.39, 0.29) is 16.9 Å². The van der Waals surface area contributed by atoms with Crippen LogP contribution in [0.5, 0.6) is 0 Å². The summed E-state index contributed by atoms with van der Waals surface area (Å²) in [4.78, 5) is 2.26. The number of halogens is 2. The second-order valence-electron chi connectivity index (χ2n) is 5.16. The van der Waals surface area contributed by atoms with E-state index < -0.39 is 0 Å². The number of likely N-dealkylation sites (N-methyl/N-ethyl adjacent to an activating group) is 1. The molecule has 1 rings (SSSR count). The maximum absolute atomic E-state index is 14.2. The smallest absolute Gasteiger partial charge is 0.146 e. The van der Waals surface area contributed by atoms with E-state index in [4.69, 9.17) is 17.3 Å². The Balaban J connectivity index is 2.99. The minimum Gasteiger partial charge on any atom is -0.329 e. The summed E-state index contributed by atoms with van der Waals surface area (Å²) in [7, 11) is 0. The fraction of sp³-hybridized carbons (Fsp3) is 0.625. The highest BCUT2D eigenvalue weighted by Crippen LogP contribution is 2.28. The van der Waals surface area contributed by atoms with Crippen LogP contribution in [0.15, 0.2) is 18.2 Å². The Labute approximate surface area is 127 Å². The molecular formula is C16H26ClFN2. The highest BCUT2D eigenvalue weighted by Gasteiger charge is 2.23. The van der Waals surface area contributed by atoms with Crippen LogP contribution in [-0.4, -0.2) is 24.5 Å². The lowest BCUT2D eigenvalue weighted by Crippen LogP contribution is -2.37. The first-order valence-electron chi connectivity index (χ1n) is 7.46. The van der Waals surface area contributed by atoms with Crippen LogP contribution in [0.2, 0.25) is 5.02 Å². The Morgan fingerprint density at radius 3 is 2.40 bits per heavy atom. The van der Waals surface area contributed by atoms with Gasteiger partial charge in [-0.05, 0) is 18.5 Å². The molecule has 0 spiro atoms. The van der Waals surface area contributed by atoms with E-state index in [0.717, 1.165) is 25.9 Å². The van der Waals surface area contributed by atoms with Crippen molar-refractivity contribution in [1.82, 2.24) is 4.90 Å². The summed E-state index contributed by atoms with van der Waals surface area (Å²) in [6.07, 6.45) is 2.25. The number of nitrogens with two attached hydrogens (primary N) is 1. The topological polar surface area (TPSA) is 29.3 Å². The van der Waals surface area contributed by atoms with E-state index in [0.29, 0.717) is 18.0 Å². The number of benzene rings is 1. The summed E-state index contributed by atoms with van der Waals surface area (Å²) in [5.41, 5.74) is 6.51. The van der Waals surface area contributed by atoms with Gasteiger partial charge in [0.1, 0.15) is 5.82 Å². The molecule has 20 heavy (non-hydrogen) atoms. The molecule has 0 aliphatic heterocycles. The molecule has 0 aliphatic carbocycles. The lowest BCUT2D eigenvalue weighted by atomic mass is 9.99. The van der Waals surface area contributed by atoms with Crippen LogP contribution in [0.25, 0.3) is 0 Å². The highest BCUT2D eigenvalue weighted by atomic mass is 35.5. The number of nitrogens with zero attached hydrogens (tertiary/aromatic N) is 1. The first kappa shape index (κ1) is 17.4. The van der Waals surface area contributed by atoms with Gasteiger partial charge in [-0.1, -0.05) is 57.3 Å². The van der Waals surface area contributed by atoms with Crippen molar-refractivity contribution in [3.63, 3.8) is 0 Å². The van der Waals surface area contributed by atoms with Crippen LogP contribution in [0, 0.1) is 11.7 Å². The van der Waals surface area contributed by atoms with Gasteiger partial charge >= 0.3 is 0 Å². The molecule has 2 N–H and O–H groups in total. The molecule has 0 bridgehead atoms. The van der Waals surface area contributed by atoms with Crippen molar-refractivity contribution in [2.24, 2.45) is 11.7 Å². The summed E-state index contributed by atoms with van der Waals surface area (Å²) in [6, 6.07) is 5.03. The van der Waals surface area contributed by atoms with Crippen LogP contribution < -0.4 is 5.73 Å². The standard InChI is InChI=1S/C16H26ClFN2/c1-4-12(5-2)11-20(6-3)15(10-19)13-8-7-9-14(17)16(13)18/h7-9,12,15H,4-6,10-11,19H2,1-3H3. The monoisotopic (exact) mass is 300 g/mol. The minimum atomic E-state index is -0.340. The van der Waals surface area contributed by atoms with Crippen molar-refractivity contribution in [2.45, 2.75) is 39.7 Å². The highest BCUT2D eigenvalue weighted by molar-refractivity contribution is 6.30. The molecule has 0 saturated carbocycles. The number of hydrogen-bond donors (Lipinski definition) is 1. The first-order chi connectivity index (χ1) is 9.58. The van der Waals surface area contributed by atoms with E-state index in [1.54, 1.807) is 18.2 Å². The summed E-state index contributed by atoms with van der Waals surface area (Å²) in [6.45, 7) is 8.67. The molecule has 0 amide bonds. The van der Waals surface area contributed by atoms with Crippen LogP contribution >= 0.6 is 11.6 Å². The SMILES string of the molecule is CCC(CC)CN(CC)C(CN)c1cccc(Cl)c1F. The van der Waals surface area contributed by atoms with Gasteiger partial charge in [-0.25, -0.2) is 4.39 Å². The number of rotatable bonds is 8. The van der Waals surface area contributed by atoms with Crippen LogP contribution in [-0.2, 0) is 0 Å². The Kier molecular flexibility index (Phi) is 7.49. The molecule has 4 heteroatoms. The second kappa shape index (κ2) is 8.60. The van der Waals surface area contributed by atoms with Crippen molar-refractivity contribution >= 4 is 11.6 Å². The first-order valence-corrected chi connectivity index (χ1v) is 7.84. The van der Waals surface area contributed by atoms with Gasteiger partial charge in [-0.15, -0.1) is 0 Å². The van der Waals surface area contributed by atoms with Crippen LogP contribution in [0.4, 0.5) is 4.39 Å². The minimum absolute atomic E-state index is 0.112. The van der Waals surface area contributed by atoms with Gasteiger partial charge in [0.2, 0.25) is 0 Å². The molecule has 0 saturated heterocycles. The van der Waals surface area contributed by atoms with E-state index in [2.05, 4.69) is 25.7 Å². The summed E-state index contributed by atoms with van der Waals surface area (Å²) in [5.74, 6) is 0.277. The van der Waals surface area contributed by atoms with Crippen molar-refractivity contribution in [1.29, 1.82) is 0 Å². The van der Waals surface area contributed by atoms with Gasteiger partial charge in [-0.3, -0.25) is 4.90 Å². The van der Waals surface area contributed by atoms with Crippen molar-refractivity contribution in [3.8, 4) is 0 Å². The van der Waals surface area contributed by atoms with Crippen LogP contribution in [0.1, 0.15) is 45.2 Å². The van der Waals surface area contributed by atoms with Gasteiger partial charge < -0.3 is 5.73 Å². The van der Waals surface area contributed by atoms with E-state index in [9.17, 15) is 4.39 Å². The maximum atomic E-state index is 14.2. The average Bonchev–Trinajstić information content (AvgIpc) is 2.47. The van der Waals surface area contributed by atoms with E-state index >= 15 is 0 Å². The fourth-order valence-corrected chi connectivity index (χ4v) is 2.79. The lowest BCUT2D eigenvalue weighted by molar-refractivity contribution is 0.171. The van der Waals surface area contributed by atoms with Gasteiger partial charge in [0.05, 0.1) is 5.02 Å². The predicted octanol–water partition coefficient (Wildman–Crippen LogP) is 4.24. The van der Waals surface area contributed by atoms with Gasteiger partial charge in [-0.2, -0.15) is 0 Å². The Hall–Kier alpha value is -0.640. The molecule has 1 atom stereocenters. The third kappa shape index (κ3) is 4.18.